The quantitative estimate of drug-likeness (QED) is 0.777. The minimum atomic E-state index is 0.673. The van der Waals surface area contributed by atoms with Gasteiger partial charge in [0.25, 0.3) is 0 Å². The molecule has 0 atom stereocenters. The second kappa shape index (κ2) is 4.27. The van der Waals surface area contributed by atoms with Crippen molar-refractivity contribution in [1.29, 1.82) is 0 Å². The lowest BCUT2D eigenvalue weighted by atomic mass is 9.99. The van der Waals surface area contributed by atoms with Crippen LogP contribution in [0.1, 0.15) is 5.56 Å². The van der Waals surface area contributed by atoms with Gasteiger partial charge in [-0.05, 0) is 35.7 Å². The van der Waals surface area contributed by atoms with Crippen molar-refractivity contribution in [3.8, 4) is 16.9 Å². The van der Waals surface area contributed by atoms with Gasteiger partial charge >= 0.3 is 0 Å². The Kier molecular flexibility index (Phi) is 2.82. The number of nitrogens with two attached hydrogens (primary N) is 1. The Hall–Kier alpha value is -1.96. The fraction of sp³-hybridized carbons (Fsp3) is 0.143. The Bertz CT molecular complexity index is 492. The average molecular weight is 213 g/mol. The van der Waals surface area contributed by atoms with Crippen molar-refractivity contribution in [3.63, 3.8) is 0 Å². The Morgan fingerprint density at radius 1 is 1.06 bits per heavy atom. The molecule has 0 saturated heterocycles. The van der Waals surface area contributed by atoms with Crippen LogP contribution < -0.4 is 10.5 Å². The second-order valence-electron chi connectivity index (χ2n) is 3.78. The summed E-state index contributed by atoms with van der Waals surface area (Å²) in [5, 5.41) is 0. The van der Waals surface area contributed by atoms with Crippen LogP contribution in [0.4, 0.5) is 5.69 Å². The van der Waals surface area contributed by atoms with E-state index < -0.39 is 0 Å². The van der Waals surface area contributed by atoms with Gasteiger partial charge in [-0.2, -0.15) is 0 Å². The van der Waals surface area contributed by atoms with Crippen molar-refractivity contribution < 1.29 is 4.74 Å². The number of methoxy groups -OCH3 is 1. The van der Waals surface area contributed by atoms with E-state index in [1.807, 2.05) is 30.3 Å². The molecule has 16 heavy (non-hydrogen) atoms. The van der Waals surface area contributed by atoms with Crippen LogP contribution in [0, 0.1) is 6.92 Å². The molecule has 2 N–H and O–H groups in total. The van der Waals surface area contributed by atoms with E-state index in [1.165, 1.54) is 5.56 Å². The molecule has 0 saturated carbocycles. The third kappa shape index (κ3) is 1.87. The van der Waals surface area contributed by atoms with Crippen molar-refractivity contribution in [1.82, 2.24) is 0 Å². The highest BCUT2D eigenvalue weighted by Crippen LogP contribution is 2.31. The van der Waals surface area contributed by atoms with Gasteiger partial charge in [-0.1, -0.05) is 30.3 Å². The number of hydrogen-bond acceptors (Lipinski definition) is 2. The van der Waals surface area contributed by atoms with Crippen LogP contribution in [0.2, 0.25) is 0 Å². The molecule has 2 aromatic carbocycles. The van der Waals surface area contributed by atoms with E-state index in [4.69, 9.17) is 10.5 Å². The minimum absolute atomic E-state index is 0.673. The number of benzene rings is 2. The molecule has 0 spiro atoms. The van der Waals surface area contributed by atoms with Gasteiger partial charge in [0.05, 0.1) is 12.8 Å². The first-order valence-corrected chi connectivity index (χ1v) is 5.22. The molecule has 82 valence electrons. The number of nitrogen functional groups attached to an aromatic ring is 1. The maximum absolute atomic E-state index is 5.91. The molecule has 0 fully saturated rings. The topological polar surface area (TPSA) is 35.2 Å². The Morgan fingerprint density at radius 2 is 1.75 bits per heavy atom. The summed E-state index contributed by atoms with van der Waals surface area (Å²) in [7, 11) is 1.63. The molecule has 0 aliphatic carbocycles. The summed E-state index contributed by atoms with van der Waals surface area (Å²) in [4.78, 5) is 0. The zero-order valence-corrected chi connectivity index (χ0v) is 9.53. The second-order valence-corrected chi connectivity index (χ2v) is 3.78. The molecule has 2 rings (SSSR count). The van der Waals surface area contributed by atoms with E-state index in [2.05, 4.69) is 19.1 Å². The van der Waals surface area contributed by atoms with Crippen LogP contribution in [0.15, 0.2) is 42.5 Å². The summed E-state index contributed by atoms with van der Waals surface area (Å²) in [5.41, 5.74) is 10.1. The Balaban J connectivity index is 2.55. The molecule has 0 bridgehead atoms. The highest BCUT2D eigenvalue weighted by molar-refractivity contribution is 5.73. The van der Waals surface area contributed by atoms with E-state index in [0.717, 1.165) is 16.9 Å². The van der Waals surface area contributed by atoms with Crippen LogP contribution >= 0.6 is 0 Å². The van der Waals surface area contributed by atoms with Crippen molar-refractivity contribution in [2.45, 2.75) is 6.92 Å². The van der Waals surface area contributed by atoms with Crippen LogP contribution in [0.25, 0.3) is 11.1 Å². The SMILES string of the molecule is COc1cc(C)c(-c2ccccc2)cc1N. The molecule has 0 radical (unpaired) electrons. The highest BCUT2D eigenvalue weighted by atomic mass is 16.5. The summed E-state index contributed by atoms with van der Waals surface area (Å²) < 4.78 is 5.19. The maximum Gasteiger partial charge on any atom is 0.142 e. The van der Waals surface area contributed by atoms with E-state index in [1.54, 1.807) is 7.11 Å². The first-order chi connectivity index (χ1) is 7.72. The van der Waals surface area contributed by atoms with E-state index in [-0.39, 0.29) is 0 Å². The number of rotatable bonds is 2. The van der Waals surface area contributed by atoms with Crippen molar-refractivity contribution >= 4 is 5.69 Å². The molecule has 0 aliphatic rings. The van der Waals surface area contributed by atoms with Crippen molar-refractivity contribution in [2.24, 2.45) is 0 Å². The Labute approximate surface area is 95.7 Å². The first kappa shape index (κ1) is 10.6. The monoisotopic (exact) mass is 213 g/mol. The first-order valence-electron chi connectivity index (χ1n) is 5.22. The molecule has 0 aliphatic heterocycles. The van der Waals surface area contributed by atoms with Gasteiger partial charge in [-0.3, -0.25) is 0 Å². The number of anilines is 1. The zero-order valence-electron chi connectivity index (χ0n) is 9.53. The minimum Gasteiger partial charge on any atom is -0.495 e. The summed E-state index contributed by atoms with van der Waals surface area (Å²) >= 11 is 0. The maximum atomic E-state index is 5.91. The normalized spacial score (nSPS) is 10.1. The van der Waals surface area contributed by atoms with Gasteiger partial charge < -0.3 is 10.5 Å². The molecule has 0 unspecified atom stereocenters. The van der Waals surface area contributed by atoms with Crippen LogP contribution in [-0.4, -0.2) is 7.11 Å². The molecule has 0 aromatic heterocycles. The van der Waals surface area contributed by atoms with E-state index >= 15 is 0 Å². The molecule has 2 heteroatoms. The van der Waals surface area contributed by atoms with Crippen LogP contribution in [0.3, 0.4) is 0 Å². The van der Waals surface area contributed by atoms with E-state index in [0.29, 0.717) is 5.69 Å². The number of aryl methyl sites for hydroxylation is 1. The standard InChI is InChI=1S/C14H15NO/c1-10-8-14(16-2)13(15)9-12(10)11-6-4-3-5-7-11/h3-9H,15H2,1-2H3. The molecular weight excluding hydrogens is 198 g/mol. The lowest BCUT2D eigenvalue weighted by Gasteiger charge is -2.11. The van der Waals surface area contributed by atoms with Gasteiger partial charge in [-0.25, -0.2) is 0 Å². The zero-order chi connectivity index (χ0) is 11.5. The van der Waals surface area contributed by atoms with Gasteiger partial charge in [0.1, 0.15) is 5.75 Å². The number of ether oxygens (including phenoxy) is 1. The predicted molar refractivity (Wildman–Crippen MR) is 67.6 cm³/mol. The van der Waals surface area contributed by atoms with Crippen molar-refractivity contribution in [3.05, 3.63) is 48.0 Å². The lowest BCUT2D eigenvalue weighted by molar-refractivity contribution is 0.416. The van der Waals surface area contributed by atoms with Crippen molar-refractivity contribution in [2.75, 3.05) is 12.8 Å². The summed E-state index contributed by atoms with van der Waals surface area (Å²) in [6, 6.07) is 14.1. The highest BCUT2D eigenvalue weighted by Gasteiger charge is 2.06. The molecule has 0 heterocycles. The molecular formula is C14H15NO. The summed E-state index contributed by atoms with van der Waals surface area (Å²) in [6.45, 7) is 2.06. The largest absolute Gasteiger partial charge is 0.495 e. The summed E-state index contributed by atoms with van der Waals surface area (Å²) in [5.74, 6) is 0.734. The third-order valence-electron chi connectivity index (χ3n) is 2.66. The third-order valence-corrected chi connectivity index (χ3v) is 2.66. The fourth-order valence-corrected chi connectivity index (χ4v) is 1.80. The molecule has 0 amide bonds. The van der Waals surface area contributed by atoms with Crippen LogP contribution in [-0.2, 0) is 0 Å². The average Bonchev–Trinajstić information content (AvgIpc) is 2.32. The van der Waals surface area contributed by atoms with Gasteiger partial charge in [0.15, 0.2) is 0 Å². The number of hydrogen-bond donors (Lipinski definition) is 1. The van der Waals surface area contributed by atoms with Gasteiger partial charge in [-0.15, -0.1) is 0 Å². The Morgan fingerprint density at radius 3 is 2.38 bits per heavy atom. The summed E-state index contributed by atoms with van der Waals surface area (Å²) in [6.07, 6.45) is 0. The van der Waals surface area contributed by atoms with Gasteiger partial charge in [0.2, 0.25) is 0 Å². The van der Waals surface area contributed by atoms with Gasteiger partial charge in [0, 0.05) is 0 Å². The fourth-order valence-electron chi connectivity index (χ4n) is 1.80. The smallest absolute Gasteiger partial charge is 0.142 e. The lowest BCUT2D eigenvalue weighted by Crippen LogP contribution is -1.94. The molecule has 2 aromatic rings. The predicted octanol–water partition coefficient (Wildman–Crippen LogP) is 3.25. The van der Waals surface area contributed by atoms with E-state index in [9.17, 15) is 0 Å². The van der Waals surface area contributed by atoms with Crippen LogP contribution in [0.5, 0.6) is 5.75 Å². The molecule has 2 nitrogen and oxygen atoms in total.